The van der Waals surface area contributed by atoms with Crippen LogP contribution in [-0.2, 0) is 6.42 Å². The molecule has 1 rings (SSSR count). The molecule has 0 aliphatic carbocycles. The summed E-state index contributed by atoms with van der Waals surface area (Å²) in [5, 5.41) is 12.3. The Morgan fingerprint density at radius 1 is 1.43 bits per heavy atom. The average Bonchev–Trinajstić information content (AvgIpc) is 2.20. The number of aryl methyl sites for hydroxylation is 1. The Morgan fingerprint density at radius 2 is 2.21 bits per heavy atom. The van der Waals surface area contributed by atoms with Crippen LogP contribution in [0.25, 0.3) is 0 Å². The van der Waals surface area contributed by atoms with E-state index in [1.807, 2.05) is 13.1 Å². The van der Waals surface area contributed by atoms with E-state index in [-0.39, 0.29) is 5.75 Å². The van der Waals surface area contributed by atoms with Gasteiger partial charge in [-0.3, -0.25) is 0 Å². The van der Waals surface area contributed by atoms with Crippen molar-refractivity contribution in [3.8, 4) is 11.5 Å². The maximum absolute atomic E-state index is 9.25. The van der Waals surface area contributed by atoms with Crippen molar-refractivity contribution >= 4 is 0 Å². The lowest BCUT2D eigenvalue weighted by molar-refractivity contribution is 0.402. The Balaban J connectivity index is 2.65. The van der Waals surface area contributed by atoms with Gasteiger partial charge in [-0.1, -0.05) is 6.07 Å². The number of methoxy groups -OCH3 is 1. The van der Waals surface area contributed by atoms with Gasteiger partial charge in [0, 0.05) is 6.07 Å². The summed E-state index contributed by atoms with van der Waals surface area (Å²) in [4.78, 5) is 0. The van der Waals surface area contributed by atoms with Gasteiger partial charge in [-0.05, 0) is 38.1 Å². The van der Waals surface area contributed by atoms with Gasteiger partial charge in [-0.25, -0.2) is 0 Å². The number of hydrogen-bond acceptors (Lipinski definition) is 3. The molecular weight excluding hydrogens is 178 g/mol. The number of phenols is 1. The molecule has 0 heterocycles. The molecule has 0 spiro atoms. The Kier molecular flexibility index (Phi) is 4.26. The molecule has 0 saturated carbocycles. The highest BCUT2D eigenvalue weighted by atomic mass is 16.5. The van der Waals surface area contributed by atoms with Crippen LogP contribution >= 0.6 is 0 Å². The summed E-state index contributed by atoms with van der Waals surface area (Å²) in [5.41, 5.74) is 1.14. The lowest BCUT2D eigenvalue weighted by Crippen LogP contribution is -2.08. The van der Waals surface area contributed by atoms with E-state index in [0.717, 1.165) is 30.7 Å². The number of benzene rings is 1. The number of phenolic OH excluding ortho intramolecular Hbond substituents is 1. The normalized spacial score (nSPS) is 10.1. The molecule has 3 nitrogen and oxygen atoms in total. The zero-order chi connectivity index (χ0) is 10.4. The fourth-order valence-electron chi connectivity index (χ4n) is 1.40. The van der Waals surface area contributed by atoms with Crippen molar-refractivity contribution in [2.45, 2.75) is 12.8 Å². The Bertz CT molecular complexity index is 287. The van der Waals surface area contributed by atoms with Gasteiger partial charge in [0.05, 0.1) is 7.11 Å². The lowest BCUT2D eigenvalue weighted by atomic mass is 10.1. The number of hydrogen-bond donors (Lipinski definition) is 2. The summed E-state index contributed by atoms with van der Waals surface area (Å²) in [6.45, 7) is 0.990. The van der Waals surface area contributed by atoms with E-state index in [1.54, 1.807) is 19.2 Å². The van der Waals surface area contributed by atoms with Crippen LogP contribution in [0.5, 0.6) is 11.5 Å². The molecule has 14 heavy (non-hydrogen) atoms. The molecule has 0 amide bonds. The minimum Gasteiger partial charge on any atom is -0.508 e. The first-order valence-corrected chi connectivity index (χ1v) is 4.78. The molecule has 0 saturated heterocycles. The van der Waals surface area contributed by atoms with E-state index in [9.17, 15) is 5.11 Å². The highest BCUT2D eigenvalue weighted by Gasteiger charge is 2.03. The number of aromatic hydroxyl groups is 1. The first-order chi connectivity index (χ1) is 6.77. The largest absolute Gasteiger partial charge is 0.508 e. The van der Waals surface area contributed by atoms with Crippen molar-refractivity contribution in [1.29, 1.82) is 0 Å². The van der Waals surface area contributed by atoms with Crippen molar-refractivity contribution < 1.29 is 9.84 Å². The second-order valence-corrected chi connectivity index (χ2v) is 3.20. The molecule has 0 atom stereocenters. The molecule has 0 aromatic heterocycles. The molecule has 0 bridgehead atoms. The molecule has 78 valence electrons. The fraction of sp³-hybridized carbons (Fsp3) is 0.455. The molecule has 0 radical (unpaired) electrons. The van der Waals surface area contributed by atoms with Crippen LogP contribution in [0.4, 0.5) is 0 Å². The van der Waals surface area contributed by atoms with Gasteiger partial charge >= 0.3 is 0 Å². The zero-order valence-corrected chi connectivity index (χ0v) is 8.71. The van der Waals surface area contributed by atoms with Crippen LogP contribution in [0.15, 0.2) is 18.2 Å². The maximum atomic E-state index is 9.25. The average molecular weight is 195 g/mol. The first-order valence-electron chi connectivity index (χ1n) is 4.78. The molecule has 0 aliphatic heterocycles. The van der Waals surface area contributed by atoms with Gasteiger partial charge < -0.3 is 15.2 Å². The summed E-state index contributed by atoms with van der Waals surface area (Å²) >= 11 is 0. The second kappa shape index (κ2) is 5.50. The molecule has 2 N–H and O–H groups in total. The van der Waals surface area contributed by atoms with Crippen LogP contribution in [0.2, 0.25) is 0 Å². The van der Waals surface area contributed by atoms with Crippen molar-refractivity contribution in [3.05, 3.63) is 23.8 Å². The first kappa shape index (κ1) is 10.9. The molecular formula is C11H17NO2. The second-order valence-electron chi connectivity index (χ2n) is 3.20. The van der Waals surface area contributed by atoms with Crippen LogP contribution in [0, 0.1) is 0 Å². The molecule has 3 heteroatoms. The summed E-state index contributed by atoms with van der Waals surface area (Å²) in [6.07, 6.45) is 2.03. The van der Waals surface area contributed by atoms with Gasteiger partial charge in [0.2, 0.25) is 0 Å². The smallest absolute Gasteiger partial charge is 0.125 e. The zero-order valence-electron chi connectivity index (χ0n) is 8.71. The maximum Gasteiger partial charge on any atom is 0.125 e. The summed E-state index contributed by atoms with van der Waals surface area (Å²) in [7, 11) is 3.56. The van der Waals surface area contributed by atoms with Gasteiger partial charge in [0.25, 0.3) is 0 Å². The summed E-state index contributed by atoms with van der Waals surface area (Å²) < 4.78 is 5.18. The van der Waals surface area contributed by atoms with Crippen LogP contribution in [0.3, 0.4) is 0 Å². The third-order valence-corrected chi connectivity index (χ3v) is 2.14. The quantitative estimate of drug-likeness (QED) is 0.700. The Morgan fingerprint density at radius 3 is 2.86 bits per heavy atom. The molecule has 0 aliphatic rings. The predicted octanol–water partition coefficient (Wildman–Crippen LogP) is 1.55. The van der Waals surface area contributed by atoms with Crippen molar-refractivity contribution in [2.75, 3.05) is 20.7 Å². The van der Waals surface area contributed by atoms with Crippen molar-refractivity contribution in [3.63, 3.8) is 0 Å². The minimum atomic E-state index is 0.249. The minimum absolute atomic E-state index is 0.249. The van der Waals surface area contributed by atoms with Gasteiger partial charge in [0.15, 0.2) is 0 Å². The highest BCUT2D eigenvalue weighted by Crippen LogP contribution is 2.24. The van der Waals surface area contributed by atoms with Gasteiger partial charge in [0.1, 0.15) is 11.5 Å². The highest BCUT2D eigenvalue weighted by molar-refractivity contribution is 5.40. The monoisotopic (exact) mass is 195 g/mol. The number of nitrogens with one attached hydrogen (secondary N) is 1. The van der Waals surface area contributed by atoms with Gasteiger partial charge in [-0.15, -0.1) is 0 Å². The van der Waals surface area contributed by atoms with Crippen LogP contribution in [0.1, 0.15) is 12.0 Å². The van der Waals surface area contributed by atoms with E-state index in [1.165, 1.54) is 0 Å². The van der Waals surface area contributed by atoms with Crippen LogP contribution in [-0.4, -0.2) is 25.8 Å². The van der Waals surface area contributed by atoms with E-state index in [2.05, 4.69) is 5.32 Å². The van der Waals surface area contributed by atoms with E-state index in [4.69, 9.17) is 4.74 Å². The number of rotatable bonds is 5. The summed E-state index contributed by atoms with van der Waals surface area (Å²) in [5.74, 6) is 1.01. The topological polar surface area (TPSA) is 41.5 Å². The fourth-order valence-corrected chi connectivity index (χ4v) is 1.40. The summed E-state index contributed by atoms with van der Waals surface area (Å²) in [6, 6.07) is 5.25. The molecule has 0 unspecified atom stereocenters. The van der Waals surface area contributed by atoms with E-state index < -0.39 is 0 Å². The van der Waals surface area contributed by atoms with E-state index >= 15 is 0 Å². The SMILES string of the molecule is CNCCCc1ccc(O)cc1OC. The molecule has 1 aromatic rings. The number of ether oxygens (including phenoxy) is 1. The third-order valence-electron chi connectivity index (χ3n) is 2.14. The van der Waals surface area contributed by atoms with Gasteiger partial charge in [-0.2, -0.15) is 0 Å². The lowest BCUT2D eigenvalue weighted by Gasteiger charge is -2.08. The predicted molar refractivity (Wildman–Crippen MR) is 56.9 cm³/mol. The van der Waals surface area contributed by atoms with Crippen LogP contribution < -0.4 is 10.1 Å². The third kappa shape index (κ3) is 2.92. The Hall–Kier alpha value is -1.22. The Labute approximate surface area is 84.7 Å². The van der Waals surface area contributed by atoms with E-state index in [0.29, 0.717) is 0 Å². The molecule has 1 aromatic carbocycles. The standard InChI is InChI=1S/C11H17NO2/c1-12-7-3-4-9-5-6-10(13)8-11(9)14-2/h5-6,8,12-13H,3-4,7H2,1-2H3. The van der Waals surface area contributed by atoms with Crippen molar-refractivity contribution in [1.82, 2.24) is 5.32 Å². The molecule has 0 fully saturated rings. The van der Waals surface area contributed by atoms with Crippen molar-refractivity contribution in [2.24, 2.45) is 0 Å².